The topological polar surface area (TPSA) is 124 Å². The average molecular weight is 458 g/mol. The summed E-state index contributed by atoms with van der Waals surface area (Å²) in [6.45, 7) is 5.38. The Morgan fingerprint density at radius 1 is 1.12 bits per heavy atom. The zero-order valence-corrected chi connectivity index (χ0v) is 18.8. The Morgan fingerprint density at radius 2 is 1.85 bits per heavy atom. The van der Waals surface area contributed by atoms with Crippen LogP contribution >= 0.6 is 0 Å². The molecule has 0 spiro atoms. The maximum absolute atomic E-state index is 13.0. The molecule has 1 aromatic heterocycles. The fourth-order valence-electron chi connectivity index (χ4n) is 3.59. The van der Waals surface area contributed by atoms with Crippen LogP contribution in [-0.2, 0) is 9.53 Å². The monoisotopic (exact) mass is 458 g/mol. The fourth-order valence-corrected chi connectivity index (χ4v) is 3.59. The molecule has 2 heterocycles. The predicted octanol–water partition coefficient (Wildman–Crippen LogP) is 4.80. The molecule has 0 fully saturated rings. The minimum absolute atomic E-state index is 0.114. The van der Waals surface area contributed by atoms with E-state index >= 15 is 0 Å². The lowest BCUT2D eigenvalue weighted by molar-refractivity contribution is -0.384. The minimum atomic E-state index is -0.787. The van der Waals surface area contributed by atoms with E-state index in [1.165, 1.54) is 12.1 Å². The van der Waals surface area contributed by atoms with Crippen LogP contribution in [0, 0.1) is 10.1 Å². The van der Waals surface area contributed by atoms with Crippen molar-refractivity contribution in [3.05, 3.63) is 93.8 Å². The van der Waals surface area contributed by atoms with Crippen molar-refractivity contribution in [2.45, 2.75) is 32.3 Å². The third-order valence-corrected chi connectivity index (χ3v) is 5.06. The zero-order valence-electron chi connectivity index (χ0n) is 18.8. The highest BCUT2D eigenvalue weighted by atomic mass is 16.6. The number of fused-ring (bicyclic) bond motifs is 1. The van der Waals surface area contributed by atoms with Crippen molar-refractivity contribution in [1.29, 1.82) is 0 Å². The Kier molecular flexibility index (Phi) is 5.93. The molecule has 0 radical (unpaired) electrons. The highest BCUT2D eigenvalue weighted by molar-refractivity contribution is 6.24. The molecule has 3 aromatic rings. The second kappa shape index (κ2) is 8.86. The van der Waals surface area contributed by atoms with Crippen LogP contribution in [0.3, 0.4) is 0 Å². The number of carbonyl (C=O) groups is 2. The highest BCUT2D eigenvalue weighted by Crippen LogP contribution is 2.38. The van der Waals surface area contributed by atoms with Crippen LogP contribution < -0.4 is 5.32 Å². The molecule has 2 aromatic carbocycles. The first-order valence-corrected chi connectivity index (χ1v) is 10.5. The van der Waals surface area contributed by atoms with Crippen molar-refractivity contribution in [3.8, 4) is 0 Å². The molecule has 172 valence electrons. The predicted molar refractivity (Wildman–Crippen MR) is 127 cm³/mol. The van der Waals surface area contributed by atoms with E-state index in [1.54, 1.807) is 75.6 Å². The number of hydrogen-bond donors (Lipinski definition) is 1. The number of aromatic nitrogens is 1. The fraction of sp³-hybridized carbons (Fsp3) is 0.200. The first-order valence-electron chi connectivity index (χ1n) is 10.5. The Labute approximate surface area is 195 Å². The van der Waals surface area contributed by atoms with E-state index < -0.39 is 22.4 Å². The molecule has 9 heteroatoms. The summed E-state index contributed by atoms with van der Waals surface area (Å²) in [4.78, 5) is 44.8. The number of ether oxygens (including phenoxy) is 1. The summed E-state index contributed by atoms with van der Waals surface area (Å²) >= 11 is 0. The number of esters is 1. The summed E-state index contributed by atoms with van der Waals surface area (Å²) in [5.41, 5.74) is 2.21. The molecule has 1 atom stereocenters. The van der Waals surface area contributed by atoms with E-state index in [4.69, 9.17) is 9.73 Å². The summed E-state index contributed by atoms with van der Waals surface area (Å²) in [6, 6.07) is 14.3. The first-order chi connectivity index (χ1) is 16.1. The summed E-state index contributed by atoms with van der Waals surface area (Å²) in [5.74, 6) is -1.57. The number of benzene rings is 2. The van der Waals surface area contributed by atoms with Crippen molar-refractivity contribution in [2.24, 2.45) is 4.99 Å². The summed E-state index contributed by atoms with van der Waals surface area (Å²) in [7, 11) is 0. The van der Waals surface area contributed by atoms with Crippen LogP contribution in [-0.4, -0.2) is 33.1 Å². The van der Waals surface area contributed by atoms with Crippen molar-refractivity contribution >= 4 is 34.7 Å². The average Bonchev–Trinajstić information content (AvgIpc) is 3.12. The number of nitrogens with zero attached hydrogens (tertiary/aromatic N) is 3. The molecule has 1 aliphatic rings. The largest absolute Gasteiger partial charge is 0.456 e. The van der Waals surface area contributed by atoms with Gasteiger partial charge < -0.3 is 10.1 Å². The molecule has 34 heavy (non-hydrogen) atoms. The van der Waals surface area contributed by atoms with Gasteiger partial charge in [-0.2, -0.15) is 0 Å². The number of nitro benzene ring substituents is 1. The van der Waals surface area contributed by atoms with Gasteiger partial charge in [0.1, 0.15) is 11.5 Å². The number of aliphatic imine (C=N–C) groups is 1. The van der Waals surface area contributed by atoms with Gasteiger partial charge in [-0.1, -0.05) is 6.07 Å². The number of anilines is 1. The van der Waals surface area contributed by atoms with Gasteiger partial charge in [-0.05, 0) is 62.7 Å². The third-order valence-electron chi connectivity index (χ3n) is 5.06. The van der Waals surface area contributed by atoms with Crippen LogP contribution in [0.2, 0.25) is 0 Å². The SMILES string of the molecule is CC(C)(C)OC(=O)c1ccc(N=C(c2cccnc2)C2C(=O)Nc3cc([N+](=O)[O-])ccc32)cc1. The van der Waals surface area contributed by atoms with Crippen LogP contribution in [0.25, 0.3) is 0 Å². The Morgan fingerprint density at radius 3 is 2.47 bits per heavy atom. The van der Waals surface area contributed by atoms with Crippen LogP contribution in [0.1, 0.15) is 48.2 Å². The second-order valence-corrected chi connectivity index (χ2v) is 8.74. The Bertz CT molecular complexity index is 1300. The number of rotatable bonds is 5. The van der Waals surface area contributed by atoms with E-state index in [-0.39, 0.29) is 11.6 Å². The van der Waals surface area contributed by atoms with Crippen molar-refractivity contribution in [2.75, 3.05) is 5.32 Å². The summed E-state index contributed by atoms with van der Waals surface area (Å²) < 4.78 is 5.39. The van der Waals surface area contributed by atoms with Crippen LogP contribution in [0.5, 0.6) is 0 Å². The van der Waals surface area contributed by atoms with Crippen molar-refractivity contribution < 1.29 is 19.2 Å². The second-order valence-electron chi connectivity index (χ2n) is 8.74. The lowest BCUT2D eigenvalue weighted by Gasteiger charge is -2.19. The van der Waals surface area contributed by atoms with Gasteiger partial charge in [-0.15, -0.1) is 0 Å². The van der Waals surface area contributed by atoms with Gasteiger partial charge in [0.2, 0.25) is 5.91 Å². The lowest BCUT2D eigenvalue weighted by atomic mass is 9.91. The van der Waals surface area contributed by atoms with Gasteiger partial charge in [0.05, 0.1) is 27.6 Å². The van der Waals surface area contributed by atoms with E-state index in [1.807, 2.05) is 0 Å². The molecule has 1 amide bonds. The van der Waals surface area contributed by atoms with Crippen LogP contribution in [0.4, 0.5) is 17.1 Å². The number of nitrogens with one attached hydrogen (secondary N) is 1. The molecule has 1 unspecified atom stereocenters. The van der Waals surface area contributed by atoms with Crippen molar-refractivity contribution in [3.63, 3.8) is 0 Å². The van der Waals surface area contributed by atoms with E-state index in [2.05, 4.69) is 10.3 Å². The third kappa shape index (κ3) is 4.83. The van der Waals surface area contributed by atoms with Gasteiger partial charge in [-0.3, -0.25) is 24.9 Å². The molecule has 0 aliphatic carbocycles. The van der Waals surface area contributed by atoms with Crippen LogP contribution in [0.15, 0.2) is 72.0 Å². The normalized spacial score (nSPS) is 15.4. The number of carbonyl (C=O) groups excluding carboxylic acids is 2. The van der Waals surface area contributed by atoms with Gasteiger partial charge in [0.25, 0.3) is 5.69 Å². The number of nitro groups is 1. The molecule has 0 bridgehead atoms. The molecule has 0 saturated heterocycles. The summed E-state index contributed by atoms with van der Waals surface area (Å²) in [5, 5.41) is 13.9. The van der Waals surface area contributed by atoms with Gasteiger partial charge in [0.15, 0.2) is 0 Å². The quantitative estimate of drug-likeness (QED) is 0.253. The number of pyridine rings is 1. The standard InChI is InChI=1S/C25H22N4O5/c1-25(2,3)34-24(31)15-6-8-17(9-7-15)27-22(16-5-4-12-26-14-16)21-19-11-10-18(29(32)33)13-20(19)28-23(21)30/h4-14,21H,1-3H3,(H,28,30). The Hall–Kier alpha value is -4.40. The van der Waals surface area contributed by atoms with E-state index in [9.17, 15) is 19.7 Å². The van der Waals surface area contributed by atoms with Crippen molar-refractivity contribution in [1.82, 2.24) is 4.98 Å². The maximum atomic E-state index is 13.0. The lowest BCUT2D eigenvalue weighted by Crippen LogP contribution is -2.23. The number of amides is 1. The molecule has 0 saturated carbocycles. The van der Waals surface area contributed by atoms with Gasteiger partial charge >= 0.3 is 5.97 Å². The zero-order chi connectivity index (χ0) is 24.5. The number of hydrogen-bond acceptors (Lipinski definition) is 7. The molecular weight excluding hydrogens is 436 g/mol. The first kappa shape index (κ1) is 22.8. The molecule has 1 aliphatic heterocycles. The smallest absolute Gasteiger partial charge is 0.338 e. The highest BCUT2D eigenvalue weighted by Gasteiger charge is 2.36. The number of non-ortho nitro benzene ring substituents is 1. The molecule has 9 nitrogen and oxygen atoms in total. The van der Waals surface area contributed by atoms with E-state index in [0.29, 0.717) is 33.8 Å². The molecule has 1 N–H and O–H groups in total. The molecule has 4 rings (SSSR count). The van der Waals surface area contributed by atoms with E-state index in [0.717, 1.165) is 0 Å². The van der Waals surface area contributed by atoms with Gasteiger partial charge in [0, 0.05) is 30.1 Å². The summed E-state index contributed by atoms with van der Waals surface area (Å²) in [6.07, 6.45) is 3.22. The Balaban J connectivity index is 1.74. The minimum Gasteiger partial charge on any atom is -0.456 e. The maximum Gasteiger partial charge on any atom is 0.338 e. The van der Waals surface area contributed by atoms with Gasteiger partial charge in [-0.25, -0.2) is 4.79 Å². The molecular formula is C25H22N4O5.